The van der Waals surface area contributed by atoms with Crippen molar-refractivity contribution in [1.29, 1.82) is 0 Å². The average Bonchev–Trinajstić information content (AvgIpc) is 2.37. The van der Waals surface area contributed by atoms with Gasteiger partial charge in [-0.25, -0.2) is 8.42 Å². The normalized spacial score (nSPS) is 12.6. The third-order valence-corrected chi connectivity index (χ3v) is 4.71. The van der Waals surface area contributed by atoms with Crippen LogP contribution in [0.15, 0.2) is 29.2 Å². The van der Waals surface area contributed by atoms with Crippen molar-refractivity contribution in [3.05, 3.63) is 29.8 Å². The smallest absolute Gasteiger partial charge is 0.180 e. The fourth-order valence-electron chi connectivity index (χ4n) is 1.60. The molecule has 1 aromatic carbocycles. The summed E-state index contributed by atoms with van der Waals surface area (Å²) in [6.07, 6.45) is 0.915. The highest BCUT2D eigenvalue weighted by Gasteiger charge is 2.15. The number of rotatable bonds is 7. The molecule has 1 rings (SSSR count). The van der Waals surface area contributed by atoms with Crippen LogP contribution in [-0.4, -0.2) is 27.4 Å². The molecule has 0 aliphatic heterocycles. The Bertz CT molecular complexity index is 501. The molecule has 0 aliphatic carbocycles. The van der Waals surface area contributed by atoms with Crippen molar-refractivity contribution in [3.8, 4) is 0 Å². The Labute approximate surface area is 122 Å². The molecule has 0 spiro atoms. The van der Waals surface area contributed by atoms with E-state index in [0.717, 1.165) is 12.0 Å². The van der Waals surface area contributed by atoms with Gasteiger partial charge in [-0.15, -0.1) is 0 Å². The fourth-order valence-corrected chi connectivity index (χ4v) is 2.72. The van der Waals surface area contributed by atoms with Crippen LogP contribution in [0, 0.1) is 5.41 Å². The molecule has 1 aromatic rings. The lowest BCUT2D eigenvalue weighted by Gasteiger charge is -2.17. The van der Waals surface area contributed by atoms with Gasteiger partial charge in [-0.2, -0.15) is 0 Å². The van der Waals surface area contributed by atoms with E-state index in [0.29, 0.717) is 18.0 Å². The minimum Gasteiger partial charge on any atom is -0.380 e. The molecule has 0 heterocycles. The lowest BCUT2D eigenvalue weighted by atomic mass is 9.93. The van der Waals surface area contributed by atoms with Crippen LogP contribution in [0.1, 0.15) is 32.8 Å². The van der Waals surface area contributed by atoms with Crippen LogP contribution in [-0.2, 0) is 21.1 Å². The van der Waals surface area contributed by atoms with E-state index < -0.39 is 9.84 Å². The molecule has 0 radical (unpaired) electrons. The van der Waals surface area contributed by atoms with Gasteiger partial charge in [0.25, 0.3) is 0 Å². The Kier molecular flexibility index (Phi) is 6.17. The molecule has 20 heavy (non-hydrogen) atoms. The quantitative estimate of drug-likeness (QED) is 0.785. The molecule has 0 amide bonds. The van der Waals surface area contributed by atoms with Crippen molar-refractivity contribution in [2.45, 2.75) is 38.6 Å². The summed E-state index contributed by atoms with van der Waals surface area (Å²) in [6.45, 7) is 7.63. The zero-order valence-corrected chi connectivity index (χ0v) is 13.4. The van der Waals surface area contributed by atoms with Crippen LogP contribution in [0.4, 0.5) is 0 Å². The van der Waals surface area contributed by atoms with E-state index in [9.17, 15) is 8.42 Å². The first-order valence-electron chi connectivity index (χ1n) is 6.84. The lowest BCUT2D eigenvalue weighted by Crippen LogP contribution is -2.15. The second-order valence-electron chi connectivity index (χ2n) is 6.09. The average molecular weight is 299 g/mol. The van der Waals surface area contributed by atoms with Gasteiger partial charge < -0.3 is 10.5 Å². The molecule has 2 N–H and O–H groups in total. The molecule has 5 heteroatoms. The predicted molar refractivity (Wildman–Crippen MR) is 81.3 cm³/mol. The predicted octanol–water partition coefficient (Wildman–Crippen LogP) is 2.37. The van der Waals surface area contributed by atoms with Crippen LogP contribution >= 0.6 is 0 Å². The van der Waals surface area contributed by atoms with Crippen molar-refractivity contribution in [3.63, 3.8) is 0 Å². The van der Waals surface area contributed by atoms with E-state index in [4.69, 9.17) is 10.5 Å². The molecule has 0 saturated heterocycles. The topological polar surface area (TPSA) is 69.4 Å². The third-order valence-electron chi connectivity index (χ3n) is 3.01. The van der Waals surface area contributed by atoms with Gasteiger partial charge in [-0.05, 0) is 29.5 Å². The highest BCUT2D eigenvalue weighted by Crippen LogP contribution is 2.18. The van der Waals surface area contributed by atoms with Crippen molar-refractivity contribution >= 4 is 9.84 Å². The molecule has 0 unspecified atom stereocenters. The second-order valence-corrected chi connectivity index (χ2v) is 8.20. The van der Waals surface area contributed by atoms with Crippen molar-refractivity contribution < 1.29 is 13.2 Å². The van der Waals surface area contributed by atoms with Crippen LogP contribution in [0.5, 0.6) is 0 Å². The Balaban J connectivity index is 2.45. The number of benzene rings is 1. The molecular formula is C15H25NO3S. The molecule has 0 bridgehead atoms. The Morgan fingerprint density at radius 2 is 1.70 bits per heavy atom. The van der Waals surface area contributed by atoms with Crippen LogP contribution in [0.2, 0.25) is 0 Å². The number of ether oxygens (including phenoxy) is 1. The maximum absolute atomic E-state index is 12.1. The van der Waals surface area contributed by atoms with Gasteiger partial charge in [-0.1, -0.05) is 32.9 Å². The minimum atomic E-state index is -3.27. The first kappa shape index (κ1) is 17.1. The molecule has 0 fully saturated rings. The second kappa shape index (κ2) is 7.20. The molecule has 0 aliphatic rings. The van der Waals surface area contributed by atoms with E-state index in [2.05, 4.69) is 20.8 Å². The SMILES string of the molecule is CC(C)(C)CCOCCS(=O)(=O)c1ccc(CN)cc1. The Morgan fingerprint density at radius 3 is 2.20 bits per heavy atom. The van der Waals surface area contributed by atoms with Crippen LogP contribution in [0.3, 0.4) is 0 Å². The summed E-state index contributed by atoms with van der Waals surface area (Å²) in [4.78, 5) is 0.328. The maximum Gasteiger partial charge on any atom is 0.180 e. The van der Waals surface area contributed by atoms with Crippen LogP contribution in [0.25, 0.3) is 0 Å². The molecule has 114 valence electrons. The standard InChI is InChI=1S/C15H25NO3S/c1-15(2,3)8-9-19-10-11-20(17,18)14-6-4-13(12-16)5-7-14/h4-7H,8-12,16H2,1-3H3. The summed E-state index contributed by atoms with van der Waals surface area (Å²) >= 11 is 0. The number of hydrogen-bond acceptors (Lipinski definition) is 4. The molecule has 0 aromatic heterocycles. The zero-order chi connectivity index (χ0) is 15.2. The summed E-state index contributed by atoms with van der Waals surface area (Å²) in [6, 6.07) is 6.69. The molecular weight excluding hydrogens is 274 g/mol. The highest BCUT2D eigenvalue weighted by atomic mass is 32.2. The fraction of sp³-hybridized carbons (Fsp3) is 0.600. The van der Waals surface area contributed by atoms with E-state index in [1.807, 2.05) is 0 Å². The van der Waals surface area contributed by atoms with Crippen molar-refractivity contribution in [2.24, 2.45) is 11.1 Å². The first-order valence-corrected chi connectivity index (χ1v) is 8.49. The first-order chi connectivity index (χ1) is 9.24. The van der Waals surface area contributed by atoms with Gasteiger partial charge in [0.2, 0.25) is 0 Å². The summed E-state index contributed by atoms with van der Waals surface area (Å²) in [5.74, 6) is 0.0130. The van der Waals surface area contributed by atoms with E-state index in [1.54, 1.807) is 24.3 Å². The molecule has 0 atom stereocenters. The third kappa shape index (κ3) is 6.03. The number of sulfone groups is 1. The Morgan fingerprint density at radius 1 is 1.10 bits per heavy atom. The van der Waals surface area contributed by atoms with Gasteiger partial charge in [0.05, 0.1) is 17.3 Å². The minimum absolute atomic E-state index is 0.0130. The zero-order valence-electron chi connectivity index (χ0n) is 12.6. The monoisotopic (exact) mass is 299 g/mol. The van der Waals surface area contributed by atoms with Crippen molar-refractivity contribution in [1.82, 2.24) is 0 Å². The van der Waals surface area contributed by atoms with Crippen molar-refractivity contribution in [2.75, 3.05) is 19.0 Å². The van der Waals surface area contributed by atoms with Crippen LogP contribution < -0.4 is 5.73 Å². The lowest BCUT2D eigenvalue weighted by molar-refractivity contribution is 0.120. The Hall–Kier alpha value is -0.910. The van der Waals surface area contributed by atoms with Gasteiger partial charge in [0, 0.05) is 13.2 Å². The van der Waals surface area contributed by atoms with Gasteiger partial charge in [0.1, 0.15) is 0 Å². The van der Waals surface area contributed by atoms with E-state index >= 15 is 0 Å². The van der Waals surface area contributed by atoms with Gasteiger partial charge in [0.15, 0.2) is 9.84 Å². The summed E-state index contributed by atoms with van der Waals surface area (Å²) < 4.78 is 29.6. The summed E-state index contributed by atoms with van der Waals surface area (Å²) in [5.41, 5.74) is 6.62. The molecule has 4 nitrogen and oxygen atoms in total. The highest BCUT2D eigenvalue weighted by molar-refractivity contribution is 7.91. The largest absolute Gasteiger partial charge is 0.380 e. The maximum atomic E-state index is 12.1. The van der Waals surface area contributed by atoms with Gasteiger partial charge in [-0.3, -0.25) is 0 Å². The number of hydrogen-bond donors (Lipinski definition) is 1. The summed E-state index contributed by atoms with van der Waals surface area (Å²) in [7, 11) is -3.27. The molecule has 0 saturated carbocycles. The van der Waals surface area contributed by atoms with E-state index in [-0.39, 0.29) is 17.8 Å². The van der Waals surface area contributed by atoms with Gasteiger partial charge >= 0.3 is 0 Å². The number of nitrogens with two attached hydrogens (primary N) is 1. The van der Waals surface area contributed by atoms with E-state index in [1.165, 1.54) is 0 Å². The summed E-state index contributed by atoms with van der Waals surface area (Å²) in [5, 5.41) is 0.